The van der Waals surface area contributed by atoms with Gasteiger partial charge in [0.1, 0.15) is 18.0 Å². The molecule has 2 atom stereocenters. The van der Waals surface area contributed by atoms with Crippen LogP contribution < -0.4 is 9.64 Å². The number of hydrogen-bond donors (Lipinski definition) is 3. The van der Waals surface area contributed by atoms with Gasteiger partial charge in [-0.15, -0.1) is 0 Å². The van der Waals surface area contributed by atoms with E-state index in [-0.39, 0.29) is 25.9 Å². The number of aryl methyl sites for hydroxylation is 1. The number of hydrogen-bond acceptors (Lipinski definition) is 7. The highest BCUT2D eigenvalue weighted by Crippen LogP contribution is 2.38. The Balaban J connectivity index is 1.57. The van der Waals surface area contributed by atoms with Crippen LogP contribution in [0, 0.1) is 6.92 Å². The maximum Gasteiger partial charge on any atom is 0.121 e. The lowest BCUT2D eigenvalue weighted by molar-refractivity contribution is 0.00997. The SMILES string of the molecule is Cc1ccc([C@@H]2CN(C[C@@](C)(O)c3ccc(CO)nc3)CCN2c2ccc(OCCO)cc2Cl)cc1. The number of nitrogens with zero attached hydrogens (tertiary/aromatic N) is 3. The Labute approximate surface area is 217 Å². The Morgan fingerprint density at radius 1 is 1.08 bits per heavy atom. The molecule has 0 aliphatic carbocycles. The van der Waals surface area contributed by atoms with Gasteiger partial charge in [-0.2, -0.15) is 0 Å². The average molecular weight is 512 g/mol. The van der Waals surface area contributed by atoms with Crippen LogP contribution in [0.4, 0.5) is 5.69 Å². The number of aromatic nitrogens is 1. The van der Waals surface area contributed by atoms with Gasteiger partial charge in [0.15, 0.2) is 0 Å². The molecule has 0 amide bonds. The molecule has 0 unspecified atom stereocenters. The monoisotopic (exact) mass is 511 g/mol. The first-order valence-corrected chi connectivity index (χ1v) is 12.6. The summed E-state index contributed by atoms with van der Waals surface area (Å²) in [7, 11) is 0. The summed E-state index contributed by atoms with van der Waals surface area (Å²) >= 11 is 6.70. The molecule has 1 aromatic heterocycles. The van der Waals surface area contributed by atoms with Crippen molar-refractivity contribution in [2.24, 2.45) is 0 Å². The van der Waals surface area contributed by atoms with Gasteiger partial charge in [0.05, 0.1) is 35.7 Å². The number of rotatable bonds is 9. The molecule has 0 spiro atoms. The minimum absolute atomic E-state index is 0.0340. The Kier molecular flexibility index (Phi) is 8.49. The quantitative estimate of drug-likeness (QED) is 0.404. The van der Waals surface area contributed by atoms with E-state index in [0.717, 1.165) is 24.3 Å². The summed E-state index contributed by atoms with van der Waals surface area (Å²) in [5.41, 5.74) is 3.50. The topological polar surface area (TPSA) is 89.3 Å². The molecule has 0 radical (unpaired) electrons. The predicted molar refractivity (Wildman–Crippen MR) is 141 cm³/mol. The summed E-state index contributed by atoms with van der Waals surface area (Å²) in [5, 5.41) is 30.2. The highest BCUT2D eigenvalue weighted by molar-refractivity contribution is 6.33. The maximum atomic E-state index is 11.3. The lowest BCUT2D eigenvalue weighted by Gasteiger charge is -2.45. The van der Waals surface area contributed by atoms with Gasteiger partial charge in [-0.25, -0.2) is 0 Å². The van der Waals surface area contributed by atoms with Crippen LogP contribution in [0.3, 0.4) is 0 Å². The molecule has 1 saturated heterocycles. The van der Waals surface area contributed by atoms with Crippen LogP contribution in [-0.4, -0.2) is 64.6 Å². The van der Waals surface area contributed by atoms with E-state index in [1.54, 1.807) is 25.3 Å². The van der Waals surface area contributed by atoms with Crippen molar-refractivity contribution in [1.29, 1.82) is 0 Å². The van der Waals surface area contributed by atoms with Crippen molar-refractivity contribution in [1.82, 2.24) is 9.88 Å². The predicted octanol–water partition coefficient (Wildman–Crippen LogP) is 3.68. The number of aliphatic hydroxyl groups is 3. The first kappa shape index (κ1) is 26.4. The van der Waals surface area contributed by atoms with Crippen molar-refractivity contribution >= 4 is 17.3 Å². The Hall–Kier alpha value is -2.68. The molecule has 8 heteroatoms. The number of halogens is 1. The third-order valence-corrected chi connectivity index (χ3v) is 6.96. The Morgan fingerprint density at radius 2 is 1.86 bits per heavy atom. The van der Waals surface area contributed by atoms with E-state index in [1.807, 2.05) is 18.2 Å². The van der Waals surface area contributed by atoms with E-state index in [1.165, 1.54) is 11.1 Å². The molecule has 0 saturated carbocycles. The van der Waals surface area contributed by atoms with Gasteiger partial charge in [0.25, 0.3) is 0 Å². The highest BCUT2D eigenvalue weighted by atomic mass is 35.5. The van der Waals surface area contributed by atoms with E-state index in [4.69, 9.17) is 21.4 Å². The van der Waals surface area contributed by atoms with Crippen LogP contribution in [0.1, 0.15) is 35.3 Å². The second-order valence-electron chi connectivity index (χ2n) is 9.51. The average Bonchev–Trinajstić information content (AvgIpc) is 2.88. The molecule has 7 nitrogen and oxygen atoms in total. The van der Waals surface area contributed by atoms with E-state index < -0.39 is 5.60 Å². The van der Waals surface area contributed by atoms with Crippen LogP contribution in [0.15, 0.2) is 60.8 Å². The first-order chi connectivity index (χ1) is 17.3. The summed E-state index contributed by atoms with van der Waals surface area (Å²) in [5.74, 6) is 0.625. The molecule has 1 aliphatic heterocycles. The van der Waals surface area contributed by atoms with Crippen molar-refractivity contribution in [3.63, 3.8) is 0 Å². The Bertz CT molecular complexity index is 1140. The minimum atomic E-state index is -1.09. The van der Waals surface area contributed by atoms with Gasteiger partial charge in [-0.05, 0) is 37.6 Å². The van der Waals surface area contributed by atoms with Gasteiger partial charge in [-0.3, -0.25) is 9.88 Å². The number of β-amino-alcohol motifs (C(OH)–C–C–N with tert-alkyl or cyclic N) is 1. The summed E-state index contributed by atoms with van der Waals surface area (Å²) < 4.78 is 5.52. The van der Waals surface area contributed by atoms with E-state index in [9.17, 15) is 10.2 Å². The van der Waals surface area contributed by atoms with Gasteiger partial charge >= 0.3 is 0 Å². The van der Waals surface area contributed by atoms with Gasteiger partial charge in [0, 0.05) is 44.0 Å². The van der Waals surface area contributed by atoms with Crippen molar-refractivity contribution < 1.29 is 20.1 Å². The van der Waals surface area contributed by atoms with Gasteiger partial charge in [-0.1, -0.05) is 47.5 Å². The second-order valence-corrected chi connectivity index (χ2v) is 9.92. The summed E-state index contributed by atoms with van der Waals surface area (Å²) in [6.45, 7) is 6.56. The fraction of sp³-hybridized carbons (Fsp3) is 0.393. The van der Waals surface area contributed by atoms with Crippen molar-refractivity contribution in [3.05, 3.63) is 88.2 Å². The van der Waals surface area contributed by atoms with E-state index in [0.29, 0.717) is 29.6 Å². The second kappa shape index (κ2) is 11.6. The molecular weight excluding hydrogens is 478 g/mol. The van der Waals surface area contributed by atoms with Crippen LogP contribution in [0.5, 0.6) is 5.75 Å². The highest BCUT2D eigenvalue weighted by Gasteiger charge is 2.34. The number of piperazine rings is 1. The molecule has 3 N–H and O–H groups in total. The molecule has 2 aromatic carbocycles. The van der Waals surface area contributed by atoms with Crippen molar-refractivity contribution in [2.75, 3.05) is 44.3 Å². The standard InChI is InChI=1S/C28H34ClN3O4/c1-20-3-5-21(6-4-20)27-17-31(19-28(2,35)22-7-8-23(18-34)30-16-22)11-12-32(27)26-10-9-24(15-25(26)29)36-14-13-33/h3-10,15-16,27,33-35H,11-14,17-19H2,1-2H3/t27-,28+/m0/s1. The van der Waals surface area contributed by atoms with Crippen molar-refractivity contribution in [3.8, 4) is 5.75 Å². The lowest BCUT2D eigenvalue weighted by Crippen LogP contribution is -2.52. The zero-order chi connectivity index (χ0) is 25.7. The molecular formula is C28H34ClN3O4. The largest absolute Gasteiger partial charge is 0.491 e. The van der Waals surface area contributed by atoms with Crippen molar-refractivity contribution in [2.45, 2.75) is 32.1 Å². The molecule has 36 heavy (non-hydrogen) atoms. The number of ether oxygens (including phenoxy) is 1. The fourth-order valence-corrected chi connectivity index (χ4v) is 4.96. The number of pyridine rings is 1. The molecule has 192 valence electrons. The molecule has 0 bridgehead atoms. The number of anilines is 1. The zero-order valence-electron chi connectivity index (χ0n) is 20.8. The fourth-order valence-electron chi connectivity index (χ4n) is 4.68. The number of aliphatic hydroxyl groups excluding tert-OH is 2. The zero-order valence-corrected chi connectivity index (χ0v) is 21.5. The molecule has 3 aromatic rings. The molecule has 1 aliphatic rings. The normalized spacial score (nSPS) is 18.2. The summed E-state index contributed by atoms with van der Waals surface area (Å²) in [6.07, 6.45) is 1.64. The molecule has 1 fully saturated rings. The summed E-state index contributed by atoms with van der Waals surface area (Å²) in [6, 6.07) is 17.8. The van der Waals surface area contributed by atoms with E-state index >= 15 is 0 Å². The Morgan fingerprint density at radius 3 is 2.50 bits per heavy atom. The maximum absolute atomic E-state index is 11.3. The van der Waals surface area contributed by atoms with Crippen LogP contribution >= 0.6 is 11.6 Å². The van der Waals surface area contributed by atoms with Gasteiger partial charge < -0.3 is 25.0 Å². The third kappa shape index (κ3) is 6.17. The minimum Gasteiger partial charge on any atom is -0.491 e. The number of benzene rings is 2. The lowest BCUT2D eigenvalue weighted by atomic mass is 9.94. The smallest absolute Gasteiger partial charge is 0.121 e. The van der Waals surface area contributed by atoms with Crippen LogP contribution in [0.2, 0.25) is 5.02 Å². The molecule has 4 rings (SSSR count). The van der Waals surface area contributed by atoms with E-state index in [2.05, 4.69) is 46.0 Å². The van der Waals surface area contributed by atoms with Crippen LogP contribution in [0.25, 0.3) is 0 Å². The van der Waals surface area contributed by atoms with Crippen LogP contribution in [-0.2, 0) is 12.2 Å². The van der Waals surface area contributed by atoms with Gasteiger partial charge in [0.2, 0.25) is 0 Å². The third-order valence-electron chi connectivity index (χ3n) is 6.66. The first-order valence-electron chi connectivity index (χ1n) is 12.2. The molecule has 2 heterocycles. The summed E-state index contributed by atoms with van der Waals surface area (Å²) in [4.78, 5) is 8.82.